The quantitative estimate of drug-likeness (QED) is 0.489. The first kappa shape index (κ1) is 22.2. The Hall–Kier alpha value is -3.51. The fourth-order valence-corrected chi connectivity index (χ4v) is 4.61. The van der Waals surface area contributed by atoms with Gasteiger partial charge in [0.25, 0.3) is 20.0 Å². The van der Waals surface area contributed by atoms with Crippen LogP contribution in [0.3, 0.4) is 0 Å². The molecule has 0 fully saturated rings. The summed E-state index contributed by atoms with van der Waals surface area (Å²) in [4.78, 5) is 18.9. The number of rotatable bonds is 7. The topological polar surface area (TPSA) is 147 Å². The zero-order chi connectivity index (χ0) is 22.6. The molecule has 0 bridgehead atoms. The largest absolute Gasteiger partial charge is 0.326 e. The van der Waals surface area contributed by atoms with E-state index in [2.05, 4.69) is 24.7 Å². The maximum Gasteiger partial charge on any atom is 0.263 e. The Kier molecular flexibility index (Phi) is 6.22. The number of hydrogen-bond donors (Lipinski definition) is 3. The van der Waals surface area contributed by atoms with Crippen molar-refractivity contribution in [3.63, 3.8) is 0 Å². The zero-order valence-electron chi connectivity index (χ0n) is 16.5. The van der Waals surface area contributed by atoms with E-state index >= 15 is 0 Å². The van der Waals surface area contributed by atoms with Crippen LogP contribution < -0.4 is 14.8 Å². The molecular formula is C19H19N5O5S2. The SMILES string of the molecule is CC(=O)Nc1ccc(S(=O)(=O)Nc2ccc(S(=O)(=O)Nc3ccnc(C)n3)cc2)cc1. The average Bonchev–Trinajstić information content (AvgIpc) is 2.68. The number of benzene rings is 2. The van der Waals surface area contributed by atoms with Gasteiger partial charge in [-0.25, -0.2) is 26.8 Å². The lowest BCUT2D eigenvalue weighted by molar-refractivity contribution is -0.114. The number of hydrogen-bond acceptors (Lipinski definition) is 7. The average molecular weight is 462 g/mol. The summed E-state index contributed by atoms with van der Waals surface area (Å²) in [6.07, 6.45) is 1.43. The molecule has 0 unspecified atom stereocenters. The summed E-state index contributed by atoms with van der Waals surface area (Å²) in [6, 6.07) is 12.3. The fraction of sp³-hybridized carbons (Fsp3) is 0.105. The molecule has 31 heavy (non-hydrogen) atoms. The normalized spacial score (nSPS) is 11.5. The van der Waals surface area contributed by atoms with Crippen LogP contribution in [0.5, 0.6) is 0 Å². The molecule has 1 aromatic heterocycles. The van der Waals surface area contributed by atoms with Crippen molar-refractivity contribution in [3.05, 3.63) is 66.6 Å². The number of aryl methyl sites for hydroxylation is 1. The summed E-state index contributed by atoms with van der Waals surface area (Å²) in [5.41, 5.74) is 0.648. The Balaban J connectivity index is 1.74. The lowest BCUT2D eigenvalue weighted by atomic mass is 10.3. The van der Waals surface area contributed by atoms with Crippen molar-refractivity contribution < 1.29 is 21.6 Å². The van der Waals surface area contributed by atoms with Gasteiger partial charge in [0.05, 0.1) is 9.79 Å². The van der Waals surface area contributed by atoms with E-state index in [1.165, 1.54) is 67.7 Å². The van der Waals surface area contributed by atoms with Gasteiger partial charge in [0.2, 0.25) is 5.91 Å². The number of nitrogens with zero attached hydrogens (tertiary/aromatic N) is 2. The number of anilines is 3. The molecule has 3 N–H and O–H groups in total. The van der Waals surface area contributed by atoms with Crippen LogP contribution in [-0.4, -0.2) is 32.7 Å². The molecule has 0 saturated heterocycles. The van der Waals surface area contributed by atoms with Crippen molar-refractivity contribution in [1.29, 1.82) is 0 Å². The maximum absolute atomic E-state index is 12.5. The predicted octanol–water partition coefficient (Wildman–Crippen LogP) is 2.35. The summed E-state index contributed by atoms with van der Waals surface area (Å²) < 4.78 is 54.8. The molecular weight excluding hydrogens is 442 g/mol. The number of nitrogens with one attached hydrogen (secondary N) is 3. The van der Waals surface area contributed by atoms with E-state index in [1.54, 1.807) is 6.92 Å². The van der Waals surface area contributed by atoms with Crippen molar-refractivity contribution >= 4 is 43.1 Å². The van der Waals surface area contributed by atoms with E-state index < -0.39 is 20.0 Å². The number of sulfonamides is 2. The highest BCUT2D eigenvalue weighted by Crippen LogP contribution is 2.21. The molecule has 0 radical (unpaired) electrons. The Morgan fingerprint density at radius 2 is 1.29 bits per heavy atom. The molecule has 10 nitrogen and oxygen atoms in total. The minimum atomic E-state index is -3.91. The van der Waals surface area contributed by atoms with Crippen LogP contribution >= 0.6 is 0 Å². The number of amides is 1. The van der Waals surface area contributed by atoms with Gasteiger partial charge in [0.1, 0.15) is 11.6 Å². The standard InChI is InChI=1S/C19H19N5O5S2/c1-13-20-12-11-19(21-13)24-31(28,29)18-9-5-16(6-10-18)23-30(26,27)17-7-3-15(4-8-17)22-14(2)25/h3-12,23H,1-2H3,(H,22,25)(H,20,21,24). The Bertz CT molecular complexity index is 1310. The lowest BCUT2D eigenvalue weighted by Crippen LogP contribution is -2.15. The molecule has 3 aromatic rings. The molecule has 0 aliphatic heterocycles. The molecule has 1 heterocycles. The first-order valence-corrected chi connectivity index (χ1v) is 11.8. The highest BCUT2D eigenvalue weighted by atomic mass is 32.2. The Morgan fingerprint density at radius 1 is 0.774 bits per heavy atom. The minimum absolute atomic E-state index is 0.0147. The third-order valence-electron chi connectivity index (χ3n) is 3.92. The van der Waals surface area contributed by atoms with Crippen LogP contribution in [-0.2, 0) is 24.8 Å². The van der Waals surface area contributed by atoms with Gasteiger partial charge < -0.3 is 5.32 Å². The molecule has 0 aliphatic carbocycles. The van der Waals surface area contributed by atoms with Gasteiger partial charge >= 0.3 is 0 Å². The van der Waals surface area contributed by atoms with E-state index in [0.717, 1.165) is 0 Å². The lowest BCUT2D eigenvalue weighted by Gasteiger charge is -2.11. The van der Waals surface area contributed by atoms with E-state index in [-0.39, 0.29) is 27.2 Å². The van der Waals surface area contributed by atoms with Crippen LogP contribution in [0.15, 0.2) is 70.6 Å². The number of carbonyl (C=O) groups excluding carboxylic acids is 1. The van der Waals surface area contributed by atoms with Gasteiger partial charge in [-0.3, -0.25) is 14.2 Å². The van der Waals surface area contributed by atoms with Gasteiger partial charge in [-0.1, -0.05) is 0 Å². The summed E-state index contributed by atoms with van der Waals surface area (Å²) >= 11 is 0. The van der Waals surface area contributed by atoms with Crippen LogP contribution in [0.1, 0.15) is 12.7 Å². The molecule has 12 heteroatoms. The number of carbonyl (C=O) groups is 1. The molecule has 0 aliphatic rings. The monoisotopic (exact) mass is 461 g/mol. The van der Waals surface area contributed by atoms with E-state index in [0.29, 0.717) is 11.5 Å². The highest BCUT2D eigenvalue weighted by molar-refractivity contribution is 7.93. The maximum atomic E-state index is 12.5. The summed E-state index contributed by atoms with van der Waals surface area (Å²) in [5, 5.41) is 2.55. The van der Waals surface area contributed by atoms with Crippen LogP contribution in [0.2, 0.25) is 0 Å². The highest BCUT2D eigenvalue weighted by Gasteiger charge is 2.17. The molecule has 0 spiro atoms. The number of aromatic nitrogens is 2. The Labute approximate surface area is 179 Å². The molecule has 162 valence electrons. The van der Waals surface area contributed by atoms with Crippen LogP contribution in [0.4, 0.5) is 17.2 Å². The third-order valence-corrected chi connectivity index (χ3v) is 6.68. The van der Waals surface area contributed by atoms with Crippen molar-refractivity contribution in [1.82, 2.24) is 9.97 Å². The first-order valence-electron chi connectivity index (χ1n) is 8.88. The van der Waals surface area contributed by atoms with Gasteiger partial charge in [-0.15, -0.1) is 0 Å². The van der Waals surface area contributed by atoms with Gasteiger partial charge in [-0.2, -0.15) is 0 Å². The fourth-order valence-electron chi connectivity index (χ4n) is 2.55. The zero-order valence-corrected chi connectivity index (χ0v) is 18.2. The molecule has 0 saturated carbocycles. The smallest absolute Gasteiger partial charge is 0.263 e. The van der Waals surface area contributed by atoms with Crippen molar-refractivity contribution in [2.24, 2.45) is 0 Å². The van der Waals surface area contributed by atoms with E-state index in [9.17, 15) is 21.6 Å². The summed E-state index contributed by atoms with van der Waals surface area (Å²) in [7, 11) is -7.81. The predicted molar refractivity (Wildman–Crippen MR) is 116 cm³/mol. The van der Waals surface area contributed by atoms with Crippen LogP contribution in [0.25, 0.3) is 0 Å². The van der Waals surface area contributed by atoms with Gasteiger partial charge in [0.15, 0.2) is 0 Å². The molecule has 2 aromatic carbocycles. The van der Waals surface area contributed by atoms with Crippen molar-refractivity contribution in [2.75, 3.05) is 14.8 Å². The molecule has 3 rings (SSSR count). The van der Waals surface area contributed by atoms with Gasteiger partial charge in [0, 0.05) is 24.5 Å². The second kappa shape index (κ2) is 8.70. The minimum Gasteiger partial charge on any atom is -0.326 e. The van der Waals surface area contributed by atoms with Crippen molar-refractivity contribution in [2.45, 2.75) is 23.6 Å². The summed E-state index contributed by atoms with van der Waals surface area (Å²) in [6.45, 7) is 2.98. The molecule has 0 atom stereocenters. The van der Waals surface area contributed by atoms with Crippen LogP contribution in [0, 0.1) is 6.92 Å². The molecule has 1 amide bonds. The second-order valence-electron chi connectivity index (χ2n) is 6.43. The van der Waals surface area contributed by atoms with E-state index in [4.69, 9.17) is 0 Å². The van der Waals surface area contributed by atoms with Crippen molar-refractivity contribution in [3.8, 4) is 0 Å². The third kappa shape index (κ3) is 5.77. The Morgan fingerprint density at radius 3 is 1.81 bits per heavy atom. The van der Waals surface area contributed by atoms with E-state index in [1.807, 2.05) is 0 Å². The second-order valence-corrected chi connectivity index (χ2v) is 9.79. The first-order chi connectivity index (χ1) is 14.5. The summed E-state index contributed by atoms with van der Waals surface area (Å²) in [5.74, 6) is 0.267. The van der Waals surface area contributed by atoms with Gasteiger partial charge in [-0.05, 0) is 61.5 Å².